The zero-order valence-corrected chi connectivity index (χ0v) is 12.0. The van der Waals surface area contributed by atoms with Crippen molar-refractivity contribution in [3.8, 4) is 0 Å². The van der Waals surface area contributed by atoms with Gasteiger partial charge in [-0.3, -0.25) is 0 Å². The highest BCUT2D eigenvalue weighted by molar-refractivity contribution is 5.34. The maximum atomic E-state index is 12.6. The summed E-state index contributed by atoms with van der Waals surface area (Å²) in [5.41, 5.74) is 0.666. The summed E-state index contributed by atoms with van der Waals surface area (Å²) in [6.07, 6.45) is -2.47. The van der Waals surface area contributed by atoms with Crippen LogP contribution >= 0.6 is 0 Å². The summed E-state index contributed by atoms with van der Waals surface area (Å²) in [5.74, 6) is 0.374. The van der Waals surface area contributed by atoms with Crippen LogP contribution in [0.3, 0.4) is 0 Å². The van der Waals surface area contributed by atoms with Crippen LogP contribution in [-0.4, -0.2) is 35.7 Å². The SMILES string of the molecule is CC(O)CN1CCC2(CC2c2ccc(C(F)(F)F)cc2)C1. The molecular formula is C16H20F3NO. The molecule has 1 aromatic rings. The zero-order chi connectivity index (χ0) is 15.3. The highest BCUT2D eigenvalue weighted by atomic mass is 19.4. The van der Waals surface area contributed by atoms with Gasteiger partial charge in [0.25, 0.3) is 0 Å². The summed E-state index contributed by atoms with van der Waals surface area (Å²) in [4.78, 5) is 2.26. The van der Waals surface area contributed by atoms with Crippen LogP contribution in [-0.2, 0) is 6.18 Å². The van der Waals surface area contributed by atoms with Crippen molar-refractivity contribution in [1.82, 2.24) is 4.90 Å². The molecule has 0 bridgehead atoms. The lowest BCUT2D eigenvalue weighted by atomic mass is 9.97. The van der Waals surface area contributed by atoms with Gasteiger partial charge in [0, 0.05) is 13.1 Å². The number of rotatable bonds is 3. The molecule has 0 amide bonds. The molecule has 1 aromatic carbocycles. The number of likely N-dealkylation sites (tertiary alicyclic amines) is 1. The summed E-state index contributed by atoms with van der Waals surface area (Å²) >= 11 is 0. The monoisotopic (exact) mass is 299 g/mol. The van der Waals surface area contributed by atoms with Gasteiger partial charge >= 0.3 is 6.18 Å². The zero-order valence-electron chi connectivity index (χ0n) is 12.0. The standard InChI is InChI=1S/C16H20F3NO/c1-11(21)9-20-7-6-15(10-20)8-14(15)12-2-4-13(5-3-12)16(17,18)19/h2-5,11,14,21H,6-10H2,1H3. The van der Waals surface area contributed by atoms with E-state index in [4.69, 9.17) is 0 Å². The van der Waals surface area contributed by atoms with E-state index in [0.29, 0.717) is 12.5 Å². The molecule has 1 saturated heterocycles. The van der Waals surface area contributed by atoms with Crippen molar-refractivity contribution in [2.75, 3.05) is 19.6 Å². The number of β-amino-alcohol motifs (C(OH)–C–C–N with tert-alkyl or cyclic N) is 1. The average molecular weight is 299 g/mol. The number of aliphatic hydroxyl groups excluding tert-OH is 1. The minimum absolute atomic E-state index is 0.231. The number of hydrogen-bond acceptors (Lipinski definition) is 2. The Morgan fingerprint density at radius 3 is 2.57 bits per heavy atom. The molecule has 1 spiro atoms. The molecule has 1 aliphatic heterocycles. The van der Waals surface area contributed by atoms with E-state index < -0.39 is 11.7 Å². The largest absolute Gasteiger partial charge is 0.416 e. The van der Waals surface area contributed by atoms with Crippen LogP contribution in [0.5, 0.6) is 0 Å². The van der Waals surface area contributed by atoms with Crippen LogP contribution in [0.1, 0.15) is 36.8 Å². The Morgan fingerprint density at radius 1 is 1.33 bits per heavy atom. The van der Waals surface area contributed by atoms with E-state index in [-0.39, 0.29) is 11.5 Å². The smallest absolute Gasteiger partial charge is 0.392 e. The summed E-state index contributed by atoms with van der Waals surface area (Å²) in [6.45, 7) is 4.39. The second-order valence-electron chi connectivity index (χ2n) is 6.57. The molecule has 1 aliphatic carbocycles. The molecule has 0 aromatic heterocycles. The second-order valence-corrected chi connectivity index (χ2v) is 6.57. The maximum Gasteiger partial charge on any atom is 0.416 e. The Balaban J connectivity index is 1.66. The predicted octanol–water partition coefficient (Wildman–Crippen LogP) is 3.27. The maximum absolute atomic E-state index is 12.6. The molecule has 3 rings (SSSR count). The second kappa shape index (κ2) is 4.99. The Labute approximate surface area is 122 Å². The normalized spacial score (nSPS) is 30.8. The molecule has 21 heavy (non-hydrogen) atoms. The van der Waals surface area contributed by atoms with Gasteiger partial charge in [-0.1, -0.05) is 12.1 Å². The Morgan fingerprint density at radius 2 is 2.00 bits per heavy atom. The van der Waals surface area contributed by atoms with Crippen LogP contribution in [0.2, 0.25) is 0 Å². The van der Waals surface area contributed by atoms with E-state index >= 15 is 0 Å². The summed E-state index contributed by atoms with van der Waals surface area (Å²) in [5, 5.41) is 9.44. The van der Waals surface area contributed by atoms with E-state index in [2.05, 4.69) is 4.90 Å². The van der Waals surface area contributed by atoms with E-state index in [9.17, 15) is 18.3 Å². The third-order valence-electron chi connectivity index (χ3n) is 4.82. The molecule has 3 atom stereocenters. The number of benzene rings is 1. The summed E-state index contributed by atoms with van der Waals surface area (Å²) in [7, 11) is 0. The average Bonchev–Trinajstić information content (AvgIpc) is 2.94. The van der Waals surface area contributed by atoms with Gasteiger partial charge in [0.1, 0.15) is 0 Å². The lowest BCUT2D eigenvalue weighted by molar-refractivity contribution is -0.137. The van der Waals surface area contributed by atoms with Crippen LogP contribution in [0.15, 0.2) is 24.3 Å². The Kier molecular flexibility index (Phi) is 3.53. The lowest BCUT2D eigenvalue weighted by Gasteiger charge is -2.17. The molecular weight excluding hydrogens is 279 g/mol. The molecule has 116 valence electrons. The fraction of sp³-hybridized carbons (Fsp3) is 0.625. The first-order valence-electron chi connectivity index (χ1n) is 7.38. The predicted molar refractivity (Wildman–Crippen MR) is 74.0 cm³/mol. The molecule has 2 aliphatic rings. The molecule has 1 saturated carbocycles. The lowest BCUT2D eigenvalue weighted by Crippen LogP contribution is -2.29. The Bertz CT molecular complexity index is 511. The highest BCUT2D eigenvalue weighted by Crippen LogP contribution is 2.64. The van der Waals surface area contributed by atoms with Crippen molar-refractivity contribution in [2.24, 2.45) is 5.41 Å². The molecule has 5 heteroatoms. The van der Waals surface area contributed by atoms with Gasteiger partial charge in [-0.05, 0) is 55.3 Å². The van der Waals surface area contributed by atoms with Crippen molar-refractivity contribution < 1.29 is 18.3 Å². The van der Waals surface area contributed by atoms with Crippen molar-refractivity contribution in [2.45, 2.75) is 38.0 Å². The number of nitrogens with zero attached hydrogens (tertiary/aromatic N) is 1. The topological polar surface area (TPSA) is 23.5 Å². The van der Waals surface area contributed by atoms with Gasteiger partial charge in [0.15, 0.2) is 0 Å². The highest BCUT2D eigenvalue weighted by Gasteiger charge is 2.57. The van der Waals surface area contributed by atoms with Gasteiger partial charge in [-0.2, -0.15) is 13.2 Å². The van der Waals surface area contributed by atoms with Gasteiger partial charge in [-0.25, -0.2) is 0 Å². The van der Waals surface area contributed by atoms with E-state index in [1.54, 1.807) is 19.1 Å². The van der Waals surface area contributed by atoms with Crippen molar-refractivity contribution in [1.29, 1.82) is 0 Å². The number of halogens is 3. The third kappa shape index (κ3) is 2.94. The van der Waals surface area contributed by atoms with Gasteiger partial charge < -0.3 is 10.0 Å². The first kappa shape index (κ1) is 14.9. The van der Waals surface area contributed by atoms with Crippen LogP contribution in [0.4, 0.5) is 13.2 Å². The van der Waals surface area contributed by atoms with Crippen LogP contribution < -0.4 is 0 Å². The summed E-state index contributed by atoms with van der Waals surface area (Å²) < 4.78 is 37.7. The molecule has 1 heterocycles. The van der Waals surface area contributed by atoms with E-state index in [0.717, 1.165) is 31.5 Å². The van der Waals surface area contributed by atoms with E-state index in [1.165, 1.54) is 12.1 Å². The molecule has 3 unspecified atom stereocenters. The molecule has 0 radical (unpaired) electrons. The number of hydrogen-bond donors (Lipinski definition) is 1. The van der Waals surface area contributed by atoms with Gasteiger partial charge in [0.2, 0.25) is 0 Å². The van der Waals surface area contributed by atoms with Gasteiger partial charge in [0.05, 0.1) is 11.7 Å². The van der Waals surface area contributed by atoms with Crippen LogP contribution in [0, 0.1) is 5.41 Å². The third-order valence-corrected chi connectivity index (χ3v) is 4.82. The number of aliphatic hydroxyl groups is 1. The first-order valence-corrected chi connectivity index (χ1v) is 7.38. The molecule has 1 N–H and O–H groups in total. The van der Waals surface area contributed by atoms with Crippen molar-refractivity contribution in [3.63, 3.8) is 0 Å². The fourth-order valence-electron chi connectivity index (χ4n) is 3.69. The van der Waals surface area contributed by atoms with Gasteiger partial charge in [-0.15, -0.1) is 0 Å². The number of alkyl halides is 3. The van der Waals surface area contributed by atoms with Crippen LogP contribution in [0.25, 0.3) is 0 Å². The fourth-order valence-corrected chi connectivity index (χ4v) is 3.69. The minimum Gasteiger partial charge on any atom is -0.392 e. The van der Waals surface area contributed by atoms with Crippen molar-refractivity contribution >= 4 is 0 Å². The van der Waals surface area contributed by atoms with Crippen molar-refractivity contribution in [3.05, 3.63) is 35.4 Å². The molecule has 2 nitrogen and oxygen atoms in total. The Hall–Kier alpha value is -1.07. The van der Waals surface area contributed by atoms with E-state index in [1.807, 2.05) is 0 Å². The molecule has 2 fully saturated rings. The summed E-state index contributed by atoms with van der Waals surface area (Å²) in [6, 6.07) is 5.62. The quantitative estimate of drug-likeness (QED) is 0.926. The first-order chi connectivity index (χ1) is 9.80. The minimum atomic E-state index is -4.26.